The van der Waals surface area contributed by atoms with E-state index in [1.807, 2.05) is 12.1 Å². The van der Waals surface area contributed by atoms with E-state index in [1.165, 1.54) is 20.9 Å². The number of benzene rings is 2. The van der Waals surface area contributed by atoms with Gasteiger partial charge >= 0.3 is 0 Å². The number of rotatable bonds is 3. The summed E-state index contributed by atoms with van der Waals surface area (Å²) in [6, 6.07) is 18.0. The van der Waals surface area contributed by atoms with Gasteiger partial charge in [0.25, 0.3) is 0 Å². The van der Waals surface area contributed by atoms with Crippen LogP contribution in [0.15, 0.2) is 52.3 Å². The van der Waals surface area contributed by atoms with Crippen molar-refractivity contribution in [2.45, 2.75) is 9.79 Å². The van der Waals surface area contributed by atoms with Gasteiger partial charge in [0.05, 0.1) is 0 Å². The first-order chi connectivity index (χ1) is 7.86. The van der Waals surface area contributed by atoms with Crippen molar-refractivity contribution in [2.24, 2.45) is 0 Å². The lowest BCUT2D eigenvalue weighted by Crippen LogP contribution is -1.84. The van der Waals surface area contributed by atoms with Gasteiger partial charge in [0.1, 0.15) is 0 Å². The van der Waals surface area contributed by atoms with Crippen molar-refractivity contribution in [3.8, 4) is 11.1 Å². The predicted molar refractivity (Wildman–Crippen MR) is 74.3 cm³/mol. The van der Waals surface area contributed by atoms with E-state index in [-0.39, 0.29) is 0 Å². The third kappa shape index (κ3) is 2.28. The highest BCUT2D eigenvalue weighted by Crippen LogP contribution is 2.35. The van der Waals surface area contributed by atoms with Crippen molar-refractivity contribution >= 4 is 23.5 Å². The fraction of sp³-hybridized carbons (Fsp3) is 0.143. The molecule has 0 heterocycles. The zero-order valence-electron chi connectivity index (χ0n) is 9.36. The van der Waals surface area contributed by atoms with Crippen LogP contribution < -0.4 is 0 Å². The number of hydrogen-bond acceptors (Lipinski definition) is 2. The Labute approximate surface area is 105 Å². The van der Waals surface area contributed by atoms with E-state index in [9.17, 15) is 0 Å². The Morgan fingerprint density at radius 3 is 2.38 bits per heavy atom. The summed E-state index contributed by atoms with van der Waals surface area (Å²) < 4.78 is 0. The molecule has 0 unspecified atom stereocenters. The molecule has 0 aliphatic carbocycles. The van der Waals surface area contributed by atoms with Gasteiger partial charge in [-0.25, -0.2) is 0 Å². The monoisotopic (exact) mass is 245 g/mol. The van der Waals surface area contributed by atoms with Crippen LogP contribution in [0.3, 0.4) is 0 Å². The Hall–Kier alpha value is -0.860. The van der Waals surface area contributed by atoms with Crippen LogP contribution in [-0.2, 0) is 0 Å². The van der Waals surface area contributed by atoms with Gasteiger partial charge in [-0.05, 0) is 35.8 Å². The largest absolute Gasteiger partial charge is 0.129 e. The SMILES string of the molecule is CSc1[c]cccc1-c1ccccc1SC. The summed E-state index contributed by atoms with van der Waals surface area (Å²) >= 11 is 3.53. The van der Waals surface area contributed by atoms with Crippen molar-refractivity contribution < 1.29 is 0 Å². The first-order valence-corrected chi connectivity index (χ1v) is 7.50. The molecular weight excluding hydrogens is 232 g/mol. The molecule has 81 valence electrons. The second kappa shape index (κ2) is 5.46. The second-order valence-electron chi connectivity index (χ2n) is 3.32. The van der Waals surface area contributed by atoms with Crippen LogP contribution in [0.4, 0.5) is 0 Å². The van der Waals surface area contributed by atoms with Gasteiger partial charge in [-0.3, -0.25) is 0 Å². The van der Waals surface area contributed by atoms with Crippen molar-refractivity contribution in [3.05, 3.63) is 48.5 Å². The summed E-state index contributed by atoms with van der Waals surface area (Å²) in [5.74, 6) is 0. The van der Waals surface area contributed by atoms with Gasteiger partial charge in [-0.15, -0.1) is 23.5 Å². The first kappa shape index (κ1) is 11.6. The smallest absolute Gasteiger partial charge is 0.0227 e. The van der Waals surface area contributed by atoms with Crippen molar-refractivity contribution in [3.63, 3.8) is 0 Å². The Morgan fingerprint density at radius 2 is 1.62 bits per heavy atom. The number of thioether (sulfide) groups is 2. The molecule has 2 aromatic carbocycles. The Bertz CT molecular complexity index is 432. The summed E-state index contributed by atoms with van der Waals surface area (Å²) in [7, 11) is 0. The maximum atomic E-state index is 3.29. The van der Waals surface area contributed by atoms with Crippen LogP contribution >= 0.6 is 23.5 Å². The van der Waals surface area contributed by atoms with Crippen LogP contribution in [-0.4, -0.2) is 12.5 Å². The summed E-state index contributed by atoms with van der Waals surface area (Å²) in [4.78, 5) is 2.53. The molecule has 0 aliphatic rings. The molecule has 1 radical (unpaired) electrons. The van der Waals surface area contributed by atoms with E-state index >= 15 is 0 Å². The normalized spacial score (nSPS) is 10.4. The minimum Gasteiger partial charge on any atom is -0.129 e. The molecule has 0 N–H and O–H groups in total. The van der Waals surface area contributed by atoms with E-state index in [1.54, 1.807) is 23.5 Å². The molecule has 0 fully saturated rings. The van der Waals surface area contributed by atoms with E-state index in [0.717, 1.165) is 0 Å². The van der Waals surface area contributed by atoms with Crippen molar-refractivity contribution in [1.82, 2.24) is 0 Å². The van der Waals surface area contributed by atoms with Gasteiger partial charge in [0.15, 0.2) is 0 Å². The summed E-state index contributed by atoms with van der Waals surface area (Å²) in [5.41, 5.74) is 2.58. The standard InChI is InChI=1S/C14H13S2/c1-15-13-9-5-3-7-11(13)12-8-4-6-10-14(12)16-2/h3-9H,1-2H3. The van der Waals surface area contributed by atoms with Crippen molar-refractivity contribution in [1.29, 1.82) is 0 Å². The third-order valence-corrected chi connectivity index (χ3v) is 3.96. The molecule has 16 heavy (non-hydrogen) atoms. The highest BCUT2D eigenvalue weighted by Gasteiger charge is 2.07. The van der Waals surface area contributed by atoms with Crippen LogP contribution in [0.25, 0.3) is 11.1 Å². The third-order valence-electron chi connectivity index (χ3n) is 2.42. The molecule has 2 rings (SSSR count). The summed E-state index contributed by atoms with van der Waals surface area (Å²) in [6.07, 6.45) is 4.21. The second-order valence-corrected chi connectivity index (χ2v) is 4.98. The van der Waals surface area contributed by atoms with Gasteiger partial charge < -0.3 is 0 Å². The zero-order valence-corrected chi connectivity index (χ0v) is 11.0. The molecule has 0 bridgehead atoms. The molecule has 0 atom stereocenters. The average Bonchev–Trinajstić information content (AvgIpc) is 2.38. The van der Waals surface area contributed by atoms with Gasteiger partial charge in [-0.1, -0.05) is 36.4 Å². The first-order valence-electron chi connectivity index (χ1n) is 5.05. The van der Waals surface area contributed by atoms with Gasteiger partial charge in [-0.2, -0.15) is 0 Å². The lowest BCUT2D eigenvalue weighted by molar-refractivity contribution is 1.37. The maximum Gasteiger partial charge on any atom is 0.0227 e. The van der Waals surface area contributed by atoms with Crippen LogP contribution in [0.5, 0.6) is 0 Å². The van der Waals surface area contributed by atoms with E-state index < -0.39 is 0 Å². The molecule has 0 aromatic heterocycles. The average molecular weight is 245 g/mol. The minimum atomic E-state index is 1.21. The quantitative estimate of drug-likeness (QED) is 0.725. The van der Waals surface area contributed by atoms with Crippen LogP contribution in [0.1, 0.15) is 0 Å². The topological polar surface area (TPSA) is 0 Å². The van der Waals surface area contributed by atoms with E-state index in [0.29, 0.717) is 0 Å². The lowest BCUT2D eigenvalue weighted by atomic mass is 10.1. The summed E-state index contributed by atoms with van der Waals surface area (Å²) in [6.45, 7) is 0. The highest BCUT2D eigenvalue weighted by molar-refractivity contribution is 7.99. The molecule has 0 nitrogen and oxygen atoms in total. The Morgan fingerprint density at radius 1 is 0.875 bits per heavy atom. The maximum absolute atomic E-state index is 3.29. The molecule has 0 amide bonds. The van der Waals surface area contributed by atoms with Crippen molar-refractivity contribution in [2.75, 3.05) is 12.5 Å². The minimum absolute atomic E-state index is 1.21. The fourth-order valence-electron chi connectivity index (χ4n) is 1.67. The van der Waals surface area contributed by atoms with Crippen LogP contribution in [0.2, 0.25) is 0 Å². The van der Waals surface area contributed by atoms with Crippen LogP contribution in [0, 0.1) is 6.07 Å². The highest BCUT2D eigenvalue weighted by atomic mass is 32.2. The molecule has 0 aliphatic heterocycles. The molecule has 0 spiro atoms. The van der Waals surface area contributed by atoms with Gasteiger partial charge in [0.2, 0.25) is 0 Å². The molecule has 2 aromatic rings. The summed E-state index contributed by atoms with van der Waals surface area (Å²) in [5, 5.41) is 0. The molecule has 0 saturated heterocycles. The predicted octanol–water partition coefficient (Wildman–Crippen LogP) is 4.60. The Balaban J connectivity index is 2.58. The Kier molecular flexibility index (Phi) is 3.97. The molecule has 0 saturated carbocycles. The lowest BCUT2D eigenvalue weighted by Gasteiger charge is -2.10. The fourth-order valence-corrected chi connectivity index (χ4v) is 2.87. The number of hydrogen-bond donors (Lipinski definition) is 0. The molecular formula is C14H13S2. The molecule has 2 heteroatoms. The van der Waals surface area contributed by atoms with E-state index in [4.69, 9.17) is 0 Å². The van der Waals surface area contributed by atoms with E-state index in [2.05, 4.69) is 48.9 Å². The zero-order chi connectivity index (χ0) is 11.4. The van der Waals surface area contributed by atoms with Gasteiger partial charge in [0, 0.05) is 9.79 Å².